The number of hydrogen-bond acceptors (Lipinski definition) is 3. The second kappa shape index (κ2) is 7.29. The van der Waals surface area contributed by atoms with Crippen LogP contribution in [0.4, 0.5) is 0 Å². The van der Waals surface area contributed by atoms with Crippen LogP contribution in [0.2, 0.25) is 0 Å². The number of nitrogens with one attached hydrogen (secondary N) is 1. The molecule has 1 aliphatic heterocycles. The number of amides is 1. The molecule has 0 radical (unpaired) electrons. The van der Waals surface area contributed by atoms with Gasteiger partial charge in [-0.3, -0.25) is 4.79 Å². The highest BCUT2D eigenvalue weighted by molar-refractivity contribution is 5.76. The van der Waals surface area contributed by atoms with Gasteiger partial charge in [0.15, 0.2) is 0 Å². The zero-order chi connectivity index (χ0) is 14.4. The highest BCUT2D eigenvalue weighted by Crippen LogP contribution is 2.20. The van der Waals surface area contributed by atoms with Crippen LogP contribution in [0.25, 0.3) is 0 Å². The molecule has 4 heteroatoms. The Labute approximate surface area is 120 Å². The number of benzene rings is 1. The molecule has 1 amide bonds. The van der Waals surface area contributed by atoms with Gasteiger partial charge in [-0.2, -0.15) is 0 Å². The van der Waals surface area contributed by atoms with Crippen LogP contribution < -0.4 is 10.1 Å². The van der Waals surface area contributed by atoms with Crippen molar-refractivity contribution in [3.8, 4) is 5.75 Å². The van der Waals surface area contributed by atoms with Gasteiger partial charge < -0.3 is 14.8 Å². The maximum atomic E-state index is 12.0. The molecule has 0 bridgehead atoms. The first-order valence-corrected chi connectivity index (χ1v) is 7.20. The van der Waals surface area contributed by atoms with Crippen molar-refractivity contribution in [1.29, 1.82) is 0 Å². The molecule has 1 aliphatic rings. The predicted molar refractivity (Wildman–Crippen MR) is 77.7 cm³/mol. The molecule has 2 rings (SSSR count). The van der Waals surface area contributed by atoms with E-state index in [0.29, 0.717) is 12.3 Å². The average molecular weight is 277 g/mol. The van der Waals surface area contributed by atoms with E-state index in [4.69, 9.17) is 9.47 Å². The standard InChI is InChI=1S/C16H23NO3/c1-12(14-3-5-15(19-2)6-4-14)17-16(18)11-13-7-9-20-10-8-13/h3-6,12-13H,7-11H2,1-2H3,(H,17,18). The number of methoxy groups -OCH3 is 1. The molecule has 1 fully saturated rings. The summed E-state index contributed by atoms with van der Waals surface area (Å²) < 4.78 is 10.4. The van der Waals surface area contributed by atoms with Crippen LogP contribution in [0.15, 0.2) is 24.3 Å². The van der Waals surface area contributed by atoms with Crippen molar-refractivity contribution in [3.05, 3.63) is 29.8 Å². The fourth-order valence-electron chi connectivity index (χ4n) is 2.49. The largest absolute Gasteiger partial charge is 0.497 e. The minimum Gasteiger partial charge on any atom is -0.497 e. The van der Waals surface area contributed by atoms with Crippen molar-refractivity contribution in [3.63, 3.8) is 0 Å². The van der Waals surface area contributed by atoms with Crippen LogP contribution in [0.1, 0.15) is 37.8 Å². The van der Waals surface area contributed by atoms with E-state index in [1.54, 1.807) is 7.11 Å². The zero-order valence-electron chi connectivity index (χ0n) is 12.2. The van der Waals surface area contributed by atoms with Gasteiger partial charge in [-0.25, -0.2) is 0 Å². The minimum absolute atomic E-state index is 0.0215. The fraction of sp³-hybridized carbons (Fsp3) is 0.562. The summed E-state index contributed by atoms with van der Waals surface area (Å²) in [5.41, 5.74) is 1.09. The van der Waals surface area contributed by atoms with Crippen LogP contribution >= 0.6 is 0 Å². The van der Waals surface area contributed by atoms with Crippen molar-refractivity contribution < 1.29 is 14.3 Å². The molecule has 1 atom stereocenters. The van der Waals surface area contributed by atoms with Gasteiger partial charge in [-0.05, 0) is 43.4 Å². The Hall–Kier alpha value is -1.55. The predicted octanol–water partition coefficient (Wildman–Crippen LogP) is 2.69. The Kier molecular flexibility index (Phi) is 5.41. The third kappa shape index (κ3) is 4.23. The SMILES string of the molecule is COc1ccc(C(C)NC(=O)CC2CCOCC2)cc1. The van der Waals surface area contributed by atoms with Gasteiger partial charge in [0.1, 0.15) is 5.75 Å². The monoisotopic (exact) mass is 277 g/mol. The molecular weight excluding hydrogens is 254 g/mol. The van der Waals surface area contributed by atoms with Crippen molar-refractivity contribution in [2.45, 2.75) is 32.2 Å². The highest BCUT2D eigenvalue weighted by atomic mass is 16.5. The van der Waals surface area contributed by atoms with E-state index in [-0.39, 0.29) is 11.9 Å². The van der Waals surface area contributed by atoms with Gasteiger partial charge in [-0.15, -0.1) is 0 Å². The molecule has 20 heavy (non-hydrogen) atoms. The molecule has 0 aromatic heterocycles. The smallest absolute Gasteiger partial charge is 0.220 e. The van der Waals surface area contributed by atoms with Crippen molar-refractivity contribution >= 4 is 5.91 Å². The molecule has 1 heterocycles. The van der Waals surface area contributed by atoms with Gasteiger partial charge in [0.2, 0.25) is 5.91 Å². The lowest BCUT2D eigenvalue weighted by Gasteiger charge is -2.22. The third-order valence-corrected chi connectivity index (χ3v) is 3.81. The van der Waals surface area contributed by atoms with Gasteiger partial charge in [0.05, 0.1) is 13.2 Å². The number of carbonyl (C=O) groups excluding carboxylic acids is 1. The van der Waals surface area contributed by atoms with E-state index < -0.39 is 0 Å². The van der Waals surface area contributed by atoms with Crippen LogP contribution in [0.3, 0.4) is 0 Å². The summed E-state index contributed by atoms with van der Waals surface area (Å²) in [6.45, 7) is 3.57. The van der Waals surface area contributed by atoms with Gasteiger partial charge in [-0.1, -0.05) is 12.1 Å². The van der Waals surface area contributed by atoms with Crippen molar-refractivity contribution in [2.75, 3.05) is 20.3 Å². The number of rotatable bonds is 5. The summed E-state index contributed by atoms with van der Waals surface area (Å²) in [6, 6.07) is 7.82. The average Bonchev–Trinajstić information content (AvgIpc) is 2.48. The molecule has 1 aromatic rings. The molecule has 0 spiro atoms. The third-order valence-electron chi connectivity index (χ3n) is 3.81. The first kappa shape index (κ1) is 14.9. The molecule has 1 N–H and O–H groups in total. The zero-order valence-corrected chi connectivity index (χ0v) is 12.2. The molecule has 110 valence electrons. The van der Waals surface area contributed by atoms with E-state index >= 15 is 0 Å². The summed E-state index contributed by atoms with van der Waals surface area (Å²) in [6.07, 6.45) is 2.58. The topological polar surface area (TPSA) is 47.6 Å². The van der Waals surface area contributed by atoms with E-state index in [1.807, 2.05) is 31.2 Å². The lowest BCUT2D eigenvalue weighted by Crippen LogP contribution is -2.30. The minimum atomic E-state index is 0.0215. The lowest BCUT2D eigenvalue weighted by atomic mass is 9.96. The number of hydrogen-bond donors (Lipinski definition) is 1. The van der Waals surface area contributed by atoms with Crippen LogP contribution in [-0.2, 0) is 9.53 Å². The normalized spacial score (nSPS) is 17.5. The maximum Gasteiger partial charge on any atom is 0.220 e. The molecule has 1 saturated heterocycles. The molecule has 1 aromatic carbocycles. The summed E-state index contributed by atoms with van der Waals surface area (Å²) in [5, 5.41) is 3.06. The summed E-state index contributed by atoms with van der Waals surface area (Å²) >= 11 is 0. The molecule has 4 nitrogen and oxygen atoms in total. The number of ether oxygens (including phenoxy) is 2. The molecular formula is C16H23NO3. The van der Waals surface area contributed by atoms with E-state index in [9.17, 15) is 4.79 Å². The van der Waals surface area contributed by atoms with Crippen LogP contribution in [0, 0.1) is 5.92 Å². The van der Waals surface area contributed by atoms with Gasteiger partial charge in [0.25, 0.3) is 0 Å². The fourth-order valence-corrected chi connectivity index (χ4v) is 2.49. The maximum absolute atomic E-state index is 12.0. The Morgan fingerprint density at radius 3 is 2.60 bits per heavy atom. The summed E-state index contributed by atoms with van der Waals surface area (Å²) in [7, 11) is 1.65. The molecule has 0 saturated carbocycles. The number of carbonyl (C=O) groups is 1. The van der Waals surface area contributed by atoms with Crippen molar-refractivity contribution in [2.24, 2.45) is 5.92 Å². The van der Waals surface area contributed by atoms with Gasteiger partial charge >= 0.3 is 0 Å². The molecule has 1 unspecified atom stereocenters. The quantitative estimate of drug-likeness (QED) is 0.900. The van der Waals surface area contributed by atoms with E-state index in [0.717, 1.165) is 37.4 Å². The Bertz CT molecular complexity index is 424. The Balaban J connectivity index is 1.82. The molecule has 0 aliphatic carbocycles. The van der Waals surface area contributed by atoms with E-state index in [2.05, 4.69) is 5.32 Å². The Morgan fingerprint density at radius 1 is 1.35 bits per heavy atom. The van der Waals surface area contributed by atoms with Crippen LogP contribution in [-0.4, -0.2) is 26.2 Å². The second-order valence-electron chi connectivity index (χ2n) is 5.32. The van der Waals surface area contributed by atoms with E-state index in [1.165, 1.54) is 0 Å². The highest BCUT2D eigenvalue weighted by Gasteiger charge is 2.18. The summed E-state index contributed by atoms with van der Waals surface area (Å²) in [5.74, 6) is 1.42. The van der Waals surface area contributed by atoms with Crippen LogP contribution in [0.5, 0.6) is 5.75 Å². The Morgan fingerprint density at radius 2 is 2.00 bits per heavy atom. The lowest BCUT2D eigenvalue weighted by molar-refractivity contribution is -0.123. The second-order valence-corrected chi connectivity index (χ2v) is 5.32. The first-order chi connectivity index (χ1) is 9.69. The van der Waals surface area contributed by atoms with Gasteiger partial charge in [0, 0.05) is 19.6 Å². The summed E-state index contributed by atoms with van der Waals surface area (Å²) in [4.78, 5) is 12.0. The van der Waals surface area contributed by atoms with Crippen molar-refractivity contribution in [1.82, 2.24) is 5.32 Å². The first-order valence-electron chi connectivity index (χ1n) is 7.20.